The van der Waals surface area contributed by atoms with Crippen molar-refractivity contribution in [2.45, 2.75) is 13.0 Å². The molecule has 1 unspecified atom stereocenters. The molecule has 0 heterocycles. The monoisotopic (exact) mass is 382 g/mol. The molecule has 1 atom stereocenters. The summed E-state index contributed by atoms with van der Waals surface area (Å²) in [6.45, 7) is 2.62. The van der Waals surface area contributed by atoms with E-state index in [-0.39, 0.29) is 6.04 Å². The summed E-state index contributed by atoms with van der Waals surface area (Å²) in [4.78, 5) is 0. The Kier molecular flexibility index (Phi) is 5.02. The summed E-state index contributed by atoms with van der Waals surface area (Å²) in [7, 11) is 0. The van der Waals surface area contributed by atoms with Crippen molar-refractivity contribution < 1.29 is 0 Å². The standard InChI is InChI=1S/C15H16Br2N2/c1-10-5-13(17)8-14(6-10)19-15(9-18)11-3-2-4-12(16)7-11/h2-8,15,19H,9,18H2,1H3. The fraction of sp³-hybridized carbons (Fsp3) is 0.200. The molecule has 0 spiro atoms. The van der Waals surface area contributed by atoms with Gasteiger partial charge in [-0.15, -0.1) is 0 Å². The third-order valence-corrected chi connectivity index (χ3v) is 3.82. The summed E-state index contributed by atoms with van der Waals surface area (Å²) in [6.07, 6.45) is 0. The van der Waals surface area contributed by atoms with Gasteiger partial charge < -0.3 is 11.1 Å². The van der Waals surface area contributed by atoms with Gasteiger partial charge in [0.1, 0.15) is 0 Å². The lowest BCUT2D eigenvalue weighted by Crippen LogP contribution is -2.20. The number of hydrogen-bond acceptors (Lipinski definition) is 2. The van der Waals surface area contributed by atoms with Crippen LogP contribution < -0.4 is 11.1 Å². The molecule has 0 aromatic heterocycles. The average molecular weight is 384 g/mol. The van der Waals surface area contributed by atoms with E-state index in [9.17, 15) is 0 Å². The molecule has 0 fully saturated rings. The Morgan fingerprint density at radius 1 is 1.11 bits per heavy atom. The molecular weight excluding hydrogens is 368 g/mol. The van der Waals surface area contributed by atoms with Gasteiger partial charge in [-0.3, -0.25) is 0 Å². The Bertz CT molecular complexity index is 550. The van der Waals surface area contributed by atoms with Gasteiger partial charge in [-0.25, -0.2) is 0 Å². The number of halogens is 2. The molecule has 2 aromatic carbocycles. The highest BCUT2D eigenvalue weighted by atomic mass is 79.9. The van der Waals surface area contributed by atoms with E-state index in [1.807, 2.05) is 12.1 Å². The molecule has 0 aliphatic heterocycles. The highest BCUT2D eigenvalue weighted by Gasteiger charge is 2.10. The maximum absolute atomic E-state index is 5.89. The molecule has 2 aromatic rings. The van der Waals surface area contributed by atoms with Crippen molar-refractivity contribution in [3.8, 4) is 0 Å². The summed E-state index contributed by atoms with van der Waals surface area (Å²) in [5.41, 5.74) is 9.35. The van der Waals surface area contributed by atoms with Crippen molar-refractivity contribution in [2.75, 3.05) is 11.9 Å². The summed E-state index contributed by atoms with van der Waals surface area (Å²) in [5, 5.41) is 3.48. The van der Waals surface area contributed by atoms with Gasteiger partial charge in [0.2, 0.25) is 0 Å². The van der Waals surface area contributed by atoms with Gasteiger partial charge in [0.25, 0.3) is 0 Å². The zero-order valence-electron chi connectivity index (χ0n) is 10.7. The molecule has 0 saturated carbocycles. The van der Waals surface area contributed by atoms with Crippen LogP contribution >= 0.6 is 31.9 Å². The van der Waals surface area contributed by atoms with Crippen molar-refractivity contribution in [1.29, 1.82) is 0 Å². The lowest BCUT2D eigenvalue weighted by Gasteiger charge is -2.19. The normalized spacial score (nSPS) is 12.2. The van der Waals surface area contributed by atoms with Crippen molar-refractivity contribution in [3.63, 3.8) is 0 Å². The van der Waals surface area contributed by atoms with E-state index in [0.717, 1.165) is 14.6 Å². The third kappa shape index (κ3) is 4.06. The van der Waals surface area contributed by atoms with Crippen molar-refractivity contribution in [3.05, 3.63) is 62.5 Å². The summed E-state index contributed by atoms with van der Waals surface area (Å²) in [6, 6.07) is 14.6. The van der Waals surface area contributed by atoms with E-state index in [4.69, 9.17) is 5.73 Å². The molecule has 0 bridgehead atoms. The fourth-order valence-electron chi connectivity index (χ4n) is 2.02. The number of hydrogen-bond donors (Lipinski definition) is 2. The molecular formula is C15H16Br2N2. The molecule has 0 aliphatic carbocycles. The Labute approximate surface area is 130 Å². The van der Waals surface area contributed by atoms with Crippen LogP contribution in [0.3, 0.4) is 0 Å². The van der Waals surface area contributed by atoms with Gasteiger partial charge in [0.15, 0.2) is 0 Å². The van der Waals surface area contributed by atoms with Gasteiger partial charge in [-0.05, 0) is 48.4 Å². The Hall–Kier alpha value is -0.840. The van der Waals surface area contributed by atoms with Crippen LogP contribution in [0.5, 0.6) is 0 Å². The summed E-state index contributed by atoms with van der Waals surface area (Å²) < 4.78 is 2.13. The Morgan fingerprint density at radius 3 is 2.53 bits per heavy atom. The molecule has 19 heavy (non-hydrogen) atoms. The van der Waals surface area contributed by atoms with E-state index < -0.39 is 0 Å². The van der Waals surface area contributed by atoms with Crippen molar-refractivity contribution in [1.82, 2.24) is 0 Å². The number of rotatable bonds is 4. The van der Waals surface area contributed by atoms with E-state index >= 15 is 0 Å². The van der Waals surface area contributed by atoms with Crippen molar-refractivity contribution >= 4 is 37.5 Å². The van der Waals surface area contributed by atoms with Crippen LogP contribution in [0.1, 0.15) is 17.2 Å². The first-order chi connectivity index (χ1) is 9.08. The molecule has 100 valence electrons. The number of aryl methyl sites for hydroxylation is 1. The minimum atomic E-state index is 0.103. The quantitative estimate of drug-likeness (QED) is 0.807. The number of nitrogens with one attached hydrogen (secondary N) is 1. The first kappa shape index (κ1) is 14.6. The molecule has 2 nitrogen and oxygen atoms in total. The van der Waals surface area contributed by atoms with Gasteiger partial charge in [0, 0.05) is 21.2 Å². The zero-order valence-corrected chi connectivity index (χ0v) is 13.8. The van der Waals surface area contributed by atoms with Crippen LogP contribution in [0.4, 0.5) is 5.69 Å². The van der Waals surface area contributed by atoms with Crippen molar-refractivity contribution in [2.24, 2.45) is 5.73 Å². The van der Waals surface area contributed by atoms with Crippen LogP contribution in [0.2, 0.25) is 0 Å². The van der Waals surface area contributed by atoms with E-state index in [0.29, 0.717) is 6.54 Å². The maximum atomic E-state index is 5.89. The number of anilines is 1. The topological polar surface area (TPSA) is 38.0 Å². The minimum Gasteiger partial charge on any atom is -0.377 e. The zero-order chi connectivity index (χ0) is 13.8. The van der Waals surface area contributed by atoms with Crippen LogP contribution in [-0.2, 0) is 0 Å². The maximum Gasteiger partial charge on any atom is 0.0636 e. The van der Waals surface area contributed by atoms with Gasteiger partial charge >= 0.3 is 0 Å². The Balaban J connectivity index is 2.23. The molecule has 2 rings (SSSR count). The molecule has 0 radical (unpaired) electrons. The van der Waals surface area contributed by atoms with Crippen LogP contribution in [0.25, 0.3) is 0 Å². The highest BCUT2D eigenvalue weighted by molar-refractivity contribution is 9.10. The third-order valence-electron chi connectivity index (χ3n) is 2.87. The first-order valence-corrected chi connectivity index (χ1v) is 7.66. The van der Waals surface area contributed by atoms with Gasteiger partial charge in [-0.1, -0.05) is 44.0 Å². The second-order valence-electron chi connectivity index (χ2n) is 4.50. The number of benzene rings is 2. The lowest BCUT2D eigenvalue weighted by atomic mass is 10.1. The van der Waals surface area contributed by atoms with E-state index in [1.165, 1.54) is 11.1 Å². The smallest absolute Gasteiger partial charge is 0.0636 e. The number of nitrogens with two attached hydrogens (primary N) is 1. The van der Waals surface area contributed by atoms with Gasteiger partial charge in [0.05, 0.1) is 6.04 Å². The van der Waals surface area contributed by atoms with E-state index in [2.05, 4.69) is 74.4 Å². The summed E-state index contributed by atoms with van der Waals surface area (Å²) >= 11 is 7.01. The lowest BCUT2D eigenvalue weighted by molar-refractivity contribution is 0.789. The average Bonchev–Trinajstić information content (AvgIpc) is 2.34. The Morgan fingerprint density at radius 2 is 1.89 bits per heavy atom. The minimum absolute atomic E-state index is 0.103. The predicted octanol–water partition coefficient (Wildman–Crippen LogP) is 4.63. The fourth-order valence-corrected chi connectivity index (χ4v) is 3.05. The second kappa shape index (κ2) is 6.55. The van der Waals surface area contributed by atoms with Crippen LogP contribution in [-0.4, -0.2) is 6.54 Å². The highest BCUT2D eigenvalue weighted by Crippen LogP contribution is 2.25. The second-order valence-corrected chi connectivity index (χ2v) is 6.34. The molecule has 3 N–H and O–H groups in total. The summed E-state index contributed by atoms with van der Waals surface area (Å²) in [5.74, 6) is 0. The molecule has 0 aliphatic rings. The SMILES string of the molecule is Cc1cc(Br)cc(NC(CN)c2cccc(Br)c2)c1. The van der Waals surface area contributed by atoms with Gasteiger partial charge in [-0.2, -0.15) is 0 Å². The van der Waals surface area contributed by atoms with E-state index in [1.54, 1.807) is 0 Å². The largest absolute Gasteiger partial charge is 0.377 e. The predicted molar refractivity (Wildman–Crippen MR) is 88.4 cm³/mol. The molecule has 0 saturated heterocycles. The first-order valence-electron chi connectivity index (χ1n) is 6.08. The van der Waals surface area contributed by atoms with Crippen LogP contribution in [0.15, 0.2) is 51.4 Å². The molecule has 0 amide bonds. The molecule has 4 heteroatoms. The van der Waals surface area contributed by atoms with Crippen LogP contribution in [0, 0.1) is 6.92 Å².